The minimum atomic E-state index is -1.01. The molecule has 0 unspecified atom stereocenters. The van der Waals surface area contributed by atoms with Gasteiger partial charge in [0, 0.05) is 12.1 Å². The molecule has 1 amide bonds. The van der Waals surface area contributed by atoms with Gasteiger partial charge in [-0.3, -0.25) is 14.9 Å². The molecule has 0 aromatic heterocycles. The molecule has 117 valence electrons. The highest BCUT2D eigenvalue weighted by molar-refractivity contribution is 5.88. The molecule has 1 aromatic carbocycles. The van der Waals surface area contributed by atoms with Gasteiger partial charge < -0.3 is 14.8 Å². The zero-order valence-electron chi connectivity index (χ0n) is 12.1. The van der Waals surface area contributed by atoms with E-state index < -0.39 is 22.6 Å². The predicted molar refractivity (Wildman–Crippen MR) is 74.4 cm³/mol. The standard InChI is InChI=1S/C14H15N2O6/c1-14(2,11-7-15-12(11)17)22-13(18)21-8-9-3-5-10(6-4-9)16(19)20/h3-7,11H,8H2,1-2H3,(H,15,17)/t11-/m0/s1. The number of β-lactam (4-membered cyclic amide) rings is 1. The first-order valence-electron chi connectivity index (χ1n) is 6.52. The summed E-state index contributed by atoms with van der Waals surface area (Å²) in [5.41, 5.74) is -0.457. The van der Waals surface area contributed by atoms with Crippen LogP contribution >= 0.6 is 0 Å². The number of amides is 1. The van der Waals surface area contributed by atoms with Gasteiger partial charge >= 0.3 is 6.16 Å². The third kappa shape index (κ3) is 3.51. The molecule has 22 heavy (non-hydrogen) atoms. The summed E-state index contributed by atoms with van der Waals surface area (Å²) >= 11 is 0. The number of benzene rings is 1. The van der Waals surface area contributed by atoms with Gasteiger partial charge in [0.2, 0.25) is 5.91 Å². The van der Waals surface area contributed by atoms with Crippen LogP contribution < -0.4 is 5.32 Å². The van der Waals surface area contributed by atoms with E-state index in [0.717, 1.165) is 0 Å². The molecule has 1 radical (unpaired) electrons. The van der Waals surface area contributed by atoms with Crippen LogP contribution in [0.15, 0.2) is 24.3 Å². The van der Waals surface area contributed by atoms with Crippen molar-refractivity contribution in [2.24, 2.45) is 5.92 Å². The lowest BCUT2D eigenvalue weighted by Gasteiger charge is -2.37. The predicted octanol–water partition coefficient (Wildman–Crippen LogP) is 1.93. The van der Waals surface area contributed by atoms with Gasteiger partial charge in [-0.2, -0.15) is 0 Å². The summed E-state index contributed by atoms with van der Waals surface area (Å²) < 4.78 is 10.1. The Morgan fingerprint density at radius 1 is 1.36 bits per heavy atom. The minimum absolute atomic E-state index is 0.0426. The van der Waals surface area contributed by atoms with Gasteiger partial charge in [0.25, 0.3) is 5.69 Å². The van der Waals surface area contributed by atoms with E-state index in [0.29, 0.717) is 5.56 Å². The van der Waals surface area contributed by atoms with E-state index in [-0.39, 0.29) is 18.2 Å². The van der Waals surface area contributed by atoms with Crippen molar-refractivity contribution >= 4 is 17.7 Å². The molecule has 8 heteroatoms. The van der Waals surface area contributed by atoms with E-state index >= 15 is 0 Å². The lowest BCUT2D eigenvalue weighted by Crippen LogP contribution is -2.55. The number of carbonyl (C=O) groups excluding carboxylic acids is 2. The van der Waals surface area contributed by atoms with E-state index in [4.69, 9.17) is 9.47 Å². The first-order chi connectivity index (χ1) is 10.3. The van der Waals surface area contributed by atoms with Gasteiger partial charge in [0.05, 0.1) is 17.4 Å². The molecular formula is C14H15N2O6. The molecule has 0 spiro atoms. The van der Waals surface area contributed by atoms with E-state index in [1.807, 2.05) is 0 Å². The molecule has 1 saturated heterocycles. The largest absolute Gasteiger partial charge is 0.509 e. The fourth-order valence-corrected chi connectivity index (χ4v) is 1.91. The van der Waals surface area contributed by atoms with Crippen LogP contribution in [0.4, 0.5) is 10.5 Å². The smallest absolute Gasteiger partial charge is 0.429 e. The summed E-state index contributed by atoms with van der Waals surface area (Å²) in [6, 6.07) is 5.62. The van der Waals surface area contributed by atoms with Gasteiger partial charge in [0.15, 0.2) is 0 Å². The normalized spacial score (nSPS) is 17.2. The molecule has 1 aromatic rings. The van der Waals surface area contributed by atoms with Crippen LogP contribution in [0.3, 0.4) is 0 Å². The number of carbonyl (C=O) groups is 2. The Labute approximate surface area is 126 Å². The highest BCUT2D eigenvalue weighted by Gasteiger charge is 2.44. The Kier molecular flexibility index (Phi) is 4.30. The molecule has 1 N–H and O–H groups in total. The number of nitrogens with zero attached hydrogens (tertiary/aromatic N) is 1. The number of hydrogen-bond donors (Lipinski definition) is 1. The third-order valence-corrected chi connectivity index (χ3v) is 3.27. The number of nitro groups is 1. The first-order valence-corrected chi connectivity index (χ1v) is 6.52. The Hall–Kier alpha value is -2.64. The zero-order valence-corrected chi connectivity index (χ0v) is 12.1. The monoisotopic (exact) mass is 307 g/mol. The third-order valence-electron chi connectivity index (χ3n) is 3.27. The average molecular weight is 307 g/mol. The van der Waals surface area contributed by atoms with E-state index in [9.17, 15) is 19.7 Å². The summed E-state index contributed by atoms with van der Waals surface area (Å²) in [7, 11) is 0. The number of nitro benzene ring substituents is 1. The fraction of sp³-hybridized carbons (Fsp3) is 0.357. The van der Waals surface area contributed by atoms with Crippen molar-refractivity contribution < 1.29 is 24.0 Å². The first kappa shape index (κ1) is 15.7. The van der Waals surface area contributed by atoms with Crippen LogP contribution in [0.2, 0.25) is 0 Å². The summed E-state index contributed by atoms with van der Waals surface area (Å²) in [5, 5.41) is 13.0. The Bertz CT molecular complexity index is 596. The maximum absolute atomic E-state index is 11.7. The quantitative estimate of drug-likeness (QED) is 0.385. The Morgan fingerprint density at radius 2 is 2.00 bits per heavy atom. The SMILES string of the molecule is CC(C)(OC(=O)OCc1ccc([N+](=O)[O-])cc1)[C@H]1[CH]NC1=O. The highest BCUT2D eigenvalue weighted by atomic mass is 16.7. The van der Waals surface area contributed by atoms with Crippen LogP contribution in [0.1, 0.15) is 19.4 Å². The molecule has 0 aliphatic carbocycles. The van der Waals surface area contributed by atoms with E-state index in [1.54, 1.807) is 20.4 Å². The molecule has 1 aliphatic heterocycles. The average Bonchev–Trinajstić information content (AvgIpc) is 2.42. The number of nitrogens with one attached hydrogen (secondary N) is 1. The molecule has 1 heterocycles. The van der Waals surface area contributed by atoms with Crippen molar-refractivity contribution in [3.05, 3.63) is 46.5 Å². The Balaban J connectivity index is 1.84. The van der Waals surface area contributed by atoms with Crippen LogP contribution in [0.5, 0.6) is 0 Å². The topological polar surface area (TPSA) is 108 Å². The van der Waals surface area contributed by atoms with Crippen molar-refractivity contribution in [2.45, 2.75) is 26.1 Å². The van der Waals surface area contributed by atoms with Gasteiger partial charge in [-0.25, -0.2) is 4.79 Å². The van der Waals surface area contributed by atoms with Crippen molar-refractivity contribution in [3.63, 3.8) is 0 Å². The lowest BCUT2D eigenvalue weighted by molar-refractivity contribution is -0.384. The number of hydrogen-bond acceptors (Lipinski definition) is 6. The molecule has 2 rings (SSSR count). The summed E-state index contributed by atoms with van der Waals surface area (Å²) in [6.07, 6.45) is -0.906. The molecular weight excluding hydrogens is 292 g/mol. The summed E-state index contributed by atoms with van der Waals surface area (Å²) in [4.78, 5) is 33.0. The molecule has 8 nitrogen and oxygen atoms in total. The van der Waals surface area contributed by atoms with Crippen LogP contribution in [0.25, 0.3) is 0 Å². The maximum Gasteiger partial charge on any atom is 0.509 e. The van der Waals surface area contributed by atoms with Gasteiger partial charge in [0.1, 0.15) is 12.2 Å². The number of ether oxygens (including phenoxy) is 2. The van der Waals surface area contributed by atoms with Gasteiger partial charge in [-0.05, 0) is 31.5 Å². The molecule has 1 atom stereocenters. The van der Waals surface area contributed by atoms with Crippen molar-refractivity contribution in [1.82, 2.24) is 5.32 Å². The zero-order chi connectivity index (χ0) is 16.3. The number of non-ortho nitro benzene ring substituents is 1. The van der Waals surface area contributed by atoms with Crippen molar-refractivity contribution in [2.75, 3.05) is 0 Å². The van der Waals surface area contributed by atoms with E-state index in [1.165, 1.54) is 24.3 Å². The van der Waals surface area contributed by atoms with Crippen LogP contribution in [-0.4, -0.2) is 22.6 Å². The lowest BCUT2D eigenvalue weighted by atomic mass is 9.85. The fourth-order valence-electron chi connectivity index (χ4n) is 1.91. The Morgan fingerprint density at radius 3 is 2.45 bits per heavy atom. The maximum atomic E-state index is 11.7. The highest BCUT2D eigenvalue weighted by Crippen LogP contribution is 2.28. The number of rotatable bonds is 5. The van der Waals surface area contributed by atoms with E-state index in [2.05, 4.69) is 5.32 Å². The molecule has 1 aliphatic rings. The molecule has 0 saturated carbocycles. The summed E-state index contributed by atoms with van der Waals surface area (Å²) in [6.45, 7) is 4.69. The second-order valence-electron chi connectivity index (χ2n) is 5.32. The van der Waals surface area contributed by atoms with Crippen LogP contribution in [-0.2, 0) is 20.9 Å². The second-order valence-corrected chi connectivity index (χ2v) is 5.32. The molecule has 0 bridgehead atoms. The molecule has 1 fully saturated rings. The second kappa shape index (κ2) is 6.00. The summed E-state index contributed by atoms with van der Waals surface area (Å²) in [5.74, 6) is -0.729. The van der Waals surface area contributed by atoms with Crippen molar-refractivity contribution in [3.8, 4) is 0 Å². The van der Waals surface area contributed by atoms with Crippen molar-refractivity contribution in [1.29, 1.82) is 0 Å². The van der Waals surface area contributed by atoms with Gasteiger partial charge in [-0.15, -0.1) is 0 Å². The van der Waals surface area contributed by atoms with Crippen LogP contribution in [0, 0.1) is 22.6 Å². The minimum Gasteiger partial charge on any atom is -0.429 e. The van der Waals surface area contributed by atoms with Gasteiger partial charge in [-0.1, -0.05) is 0 Å².